The second-order valence-corrected chi connectivity index (χ2v) is 9.09. The number of hydrogen-bond acceptors (Lipinski definition) is 5. The number of aliphatic carboxylic acids is 1. The zero-order valence-electron chi connectivity index (χ0n) is 19.9. The number of nitrogens with one attached hydrogen (secondary N) is 2. The maximum absolute atomic E-state index is 12.7. The fourth-order valence-electron chi connectivity index (χ4n) is 4.92. The van der Waals surface area contributed by atoms with Crippen LogP contribution < -0.4 is 10.6 Å². The highest BCUT2D eigenvalue weighted by Gasteiger charge is 2.36. The SMILES string of the molecule is CCCCC(NC(=O)C1OCCC1CNC(=O)OCC1c2ccccc2-c2ccccc21)C(=O)O. The Bertz CT molecular complexity index is 1030. The molecule has 35 heavy (non-hydrogen) atoms. The molecule has 0 spiro atoms. The Morgan fingerprint density at radius 1 is 1.09 bits per heavy atom. The van der Waals surface area contributed by atoms with Crippen molar-refractivity contribution >= 4 is 18.0 Å². The van der Waals surface area contributed by atoms with Crippen LogP contribution in [0, 0.1) is 5.92 Å². The Hall–Kier alpha value is -3.39. The molecule has 3 N–H and O–H groups in total. The highest BCUT2D eigenvalue weighted by atomic mass is 16.5. The molecule has 2 aromatic rings. The number of alkyl carbamates (subject to hydrolysis) is 1. The molecule has 3 atom stereocenters. The maximum Gasteiger partial charge on any atom is 0.407 e. The molecule has 1 saturated heterocycles. The first-order chi connectivity index (χ1) is 17.0. The fraction of sp³-hybridized carbons (Fsp3) is 0.444. The third-order valence-electron chi connectivity index (χ3n) is 6.79. The van der Waals surface area contributed by atoms with Crippen LogP contribution in [0.4, 0.5) is 4.79 Å². The standard InChI is InChI=1S/C27H32N2O6/c1-2-3-12-23(26(31)32)29-25(30)24-17(13-14-34-24)15-28-27(33)35-16-22-20-10-6-4-8-18(20)19-9-5-7-11-21(19)22/h4-11,17,22-24H,2-3,12-16H2,1H3,(H,28,33)(H,29,30)(H,31,32). The highest BCUT2D eigenvalue weighted by molar-refractivity contribution is 5.86. The molecule has 0 radical (unpaired) electrons. The summed E-state index contributed by atoms with van der Waals surface area (Å²) in [4.78, 5) is 36.6. The van der Waals surface area contributed by atoms with Crippen molar-refractivity contribution in [2.75, 3.05) is 19.8 Å². The quantitative estimate of drug-likeness (QED) is 0.478. The zero-order valence-corrected chi connectivity index (χ0v) is 19.9. The third-order valence-corrected chi connectivity index (χ3v) is 6.79. The topological polar surface area (TPSA) is 114 Å². The molecule has 4 rings (SSSR count). The number of benzene rings is 2. The van der Waals surface area contributed by atoms with E-state index in [4.69, 9.17) is 9.47 Å². The summed E-state index contributed by atoms with van der Waals surface area (Å²) in [6, 6.07) is 15.3. The Labute approximate surface area is 205 Å². The average Bonchev–Trinajstić information content (AvgIpc) is 3.46. The predicted octanol–water partition coefficient (Wildman–Crippen LogP) is 3.69. The van der Waals surface area contributed by atoms with Gasteiger partial charge in [0.25, 0.3) is 0 Å². The van der Waals surface area contributed by atoms with Gasteiger partial charge in [-0.25, -0.2) is 9.59 Å². The normalized spacial score (nSPS) is 19.5. The van der Waals surface area contributed by atoms with Crippen molar-refractivity contribution in [1.29, 1.82) is 0 Å². The average molecular weight is 481 g/mol. The van der Waals surface area contributed by atoms with E-state index in [1.54, 1.807) is 0 Å². The van der Waals surface area contributed by atoms with Gasteiger partial charge in [-0.1, -0.05) is 68.3 Å². The zero-order chi connectivity index (χ0) is 24.8. The fourth-order valence-corrected chi connectivity index (χ4v) is 4.92. The van der Waals surface area contributed by atoms with E-state index in [1.807, 2.05) is 31.2 Å². The van der Waals surface area contributed by atoms with Gasteiger partial charge in [0.1, 0.15) is 18.8 Å². The van der Waals surface area contributed by atoms with E-state index < -0.39 is 30.1 Å². The van der Waals surface area contributed by atoms with E-state index in [-0.39, 0.29) is 25.0 Å². The van der Waals surface area contributed by atoms with Gasteiger partial charge in [0.05, 0.1) is 0 Å². The molecule has 3 unspecified atom stereocenters. The Kier molecular flexibility index (Phi) is 8.02. The van der Waals surface area contributed by atoms with Crippen LogP contribution in [0.25, 0.3) is 11.1 Å². The first kappa shape index (κ1) is 24.7. The van der Waals surface area contributed by atoms with Crippen molar-refractivity contribution in [3.05, 3.63) is 59.7 Å². The molecule has 1 aliphatic carbocycles. The van der Waals surface area contributed by atoms with Gasteiger partial charge in [-0.3, -0.25) is 4.79 Å². The number of rotatable bonds is 10. The summed E-state index contributed by atoms with van der Waals surface area (Å²) < 4.78 is 11.1. The number of fused-ring (bicyclic) bond motifs is 3. The van der Waals surface area contributed by atoms with Crippen molar-refractivity contribution in [2.24, 2.45) is 5.92 Å². The molecule has 8 heteroatoms. The second kappa shape index (κ2) is 11.4. The van der Waals surface area contributed by atoms with Crippen LogP contribution >= 0.6 is 0 Å². The van der Waals surface area contributed by atoms with Crippen LogP contribution in [0.1, 0.15) is 49.7 Å². The summed E-state index contributed by atoms with van der Waals surface area (Å²) in [6.45, 7) is 2.76. The molecule has 1 aliphatic heterocycles. The number of amides is 2. The molecule has 1 fully saturated rings. The van der Waals surface area contributed by atoms with Crippen molar-refractivity contribution in [3.8, 4) is 11.1 Å². The summed E-state index contributed by atoms with van der Waals surface area (Å²) >= 11 is 0. The van der Waals surface area contributed by atoms with E-state index in [0.29, 0.717) is 25.9 Å². The third kappa shape index (κ3) is 5.65. The highest BCUT2D eigenvalue weighted by Crippen LogP contribution is 2.44. The summed E-state index contributed by atoms with van der Waals surface area (Å²) in [5, 5.41) is 14.7. The number of carboxylic acids is 1. The van der Waals surface area contributed by atoms with Gasteiger partial charge < -0.3 is 25.2 Å². The molecule has 2 aromatic carbocycles. The lowest BCUT2D eigenvalue weighted by Gasteiger charge is -2.21. The molecular formula is C27H32N2O6. The Morgan fingerprint density at radius 2 is 1.74 bits per heavy atom. The van der Waals surface area contributed by atoms with Gasteiger partial charge >= 0.3 is 12.1 Å². The van der Waals surface area contributed by atoms with Gasteiger partial charge in [-0.2, -0.15) is 0 Å². The summed E-state index contributed by atoms with van der Waals surface area (Å²) in [7, 11) is 0. The van der Waals surface area contributed by atoms with Gasteiger partial charge in [0.15, 0.2) is 0 Å². The number of hydrogen-bond donors (Lipinski definition) is 3. The first-order valence-electron chi connectivity index (χ1n) is 12.2. The van der Waals surface area contributed by atoms with Crippen LogP contribution in [0.15, 0.2) is 48.5 Å². The van der Waals surface area contributed by atoms with Crippen molar-refractivity contribution in [1.82, 2.24) is 10.6 Å². The number of unbranched alkanes of at least 4 members (excludes halogenated alkanes) is 1. The van der Waals surface area contributed by atoms with Crippen LogP contribution in [0.2, 0.25) is 0 Å². The van der Waals surface area contributed by atoms with Crippen molar-refractivity contribution < 1.29 is 29.0 Å². The van der Waals surface area contributed by atoms with Gasteiger partial charge in [-0.15, -0.1) is 0 Å². The monoisotopic (exact) mass is 480 g/mol. The molecule has 186 valence electrons. The van der Waals surface area contributed by atoms with Crippen LogP contribution in [0.5, 0.6) is 0 Å². The summed E-state index contributed by atoms with van der Waals surface area (Å²) in [5.74, 6) is -1.79. The summed E-state index contributed by atoms with van der Waals surface area (Å²) in [6.07, 6.45) is 1.15. The summed E-state index contributed by atoms with van der Waals surface area (Å²) in [5.41, 5.74) is 4.59. The minimum atomic E-state index is -1.06. The maximum atomic E-state index is 12.7. The van der Waals surface area contributed by atoms with E-state index in [9.17, 15) is 19.5 Å². The number of ether oxygens (including phenoxy) is 2. The lowest BCUT2D eigenvalue weighted by Crippen LogP contribution is -2.48. The van der Waals surface area contributed by atoms with E-state index in [1.165, 1.54) is 0 Å². The molecule has 0 saturated carbocycles. The molecule has 2 amide bonds. The van der Waals surface area contributed by atoms with Crippen molar-refractivity contribution in [3.63, 3.8) is 0 Å². The molecule has 1 heterocycles. The minimum absolute atomic E-state index is 0.0300. The number of carbonyl (C=O) groups is 3. The van der Waals surface area contributed by atoms with Crippen LogP contribution in [-0.4, -0.2) is 55.0 Å². The Morgan fingerprint density at radius 3 is 2.37 bits per heavy atom. The van der Waals surface area contributed by atoms with E-state index >= 15 is 0 Å². The van der Waals surface area contributed by atoms with E-state index in [2.05, 4.69) is 34.9 Å². The van der Waals surface area contributed by atoms with Crippen LogP contribution in [-0.2, 0) is 19.1 Å². The molecular weight excluding hydrogens is 448 g/mol. The predicted molar refractivity (Wildman–Crippen MR) is 130 cm³/mol. The molecule has 2 aliphatic rings. The molecule has 0 aromatic heterocycles. The largest absolute Gasteiger partial charge is 0.480 e. The molecule has 8 nitrogen and oxygen atoms in total. The second-order valence-electron chi connectivity index (χ2n) is 9.09. The van der Waals surface area contributed by atoms with Crippen LogP contribution in [0.3, 0.4) is 0 Å². The van der Waals surface area contributed by atoms with Gasteiger partial charge in [0, 0.05) is 25.0 Å². The van der Waals surface area contributed by atoms with Gasteiger partial charge in [0.2, 0.25) is 5.91 Å². The lowest BCUT2D eigenvalue weighted by molar-refractivity contribution is -0.144. The number of carboxylic acid groups (broad SMARTS) is 1. The van der Waals surface area contributed by atoms with Crippen molar-refractivity contribution in [2.45, 2.75) is 50.7 Å². The smallest absolute Gasteiger partial charge is 0.407 e. The molecule has 0 bridgehead atoms. The minimum Gasteiger partial charge on any atom is -0.480 e. The number of carbonyl (C=O) groups excluding carboxylic acids is 2. The Balaban J connectivity index is 1.29. The lowest BCUT2D eigenvalue weighted by atomic mass is 9.98. The first-order valence-corrected chi connectivity index (χ1v) is 12.2. The van der Waals surface area contributed by atoms with E-state index in [0.717, 1.165) is 28.7 Å². The van der Waals surface area contributed by atoms with Gasteiger partial charge in [-0.05, 0) is 35.1 Å².